The van der Waals surface area contributed by atoms with Crippen LogP contribution >= 0.6 is 0 Å². The van der Waals surface area contributed by atoms with E-state index in [1.165, 1.54) is 49.7 Å². The van der Waals surface area contributed by atoms with E-state index in [1.807, 2.05) is 60.7 Å². The number of benzene rings is 8. The van der Waals surface area contributed by atoms with Crippen LogP contribution in [0.5, 0.6) is 0 Å². The highest BCUT2D eigenvalue weighted by atomic mass is 15.0. The Balaban J connectivity index is 1.02. The summed E-state index contributed by atoms with van der Waals surface area (Å²) < 4.78 is 0. The zero-order valence-electron chi connectivity index (χ0n) is 30.8. The van der Waals surface area contributed by atoms with Crippen LogP contribution in [-0.2, 0) is 5.41 Å². The molecule has 8 aromatic carbocycles. The zero-order chi connectivity index (χ0) is 37.5. The number of nitrogens with zero attached hydrogens (tertiary/aromatic N) is 4. The van der Waals surface area contributed by atoms with Crippen molar-refractivity contribution < 1.29 is 0 Å². The smallest absolute Gasteiger partial charge is 0.164 e. The van der Waals surface area contributed by atoms with Gasteiger partial charge in [-0.15, -0.1) is 0 Å². The van der Waals surface area contributed by atoms with Crippen LogP contribution in [0.25, 0.3) is 89.4 Å². The molecule has 0 bridgehead atoms. The van der Waals surface area contributed by atoms with E-state index < -0.39 is 5.41 Å². The average molecular weight is 725 g/mol. The zero-order valence-corrected chi connectivity index (χ0v) is 30.8. The van der Waals surface area contributed by atoms with E-state index in [9.17, 15) is 0 Å². The molecule has 12 rings (SSSR count). The van der Waals surface area contributed by atoms with Gasteiger partial charge in [-0.25, -0.2) is 19.9 Å². The Bertz CT molecular complexity index is 3170. The van der Waals surface area contributed by atoms with Crippen LogP contribution in [-0.4, -0.2) is 19.9 Å². The normalized spacial score (nSPS) is 14.7. The van der Waals surface area contributed by atoms with E-state index >= 15 is 0 Å². The summed E-state index contributed by atoms with van der Waals surface area (Å²) in [5.74, 6) is 1.95. The lowest BCUT2D eigenvalue weighted by molar-refractivity contribution is 0.793. The van der Waals surface area contributed by atoms with Gasteiger partial charge < -0.3 is 0 Å². The van der Waals surface area contributed by atoms with Gasteiger partial charge in [-0.1, -0.05) is 182 Å². The summed E-state index contributed by atoms with van der Waals surface area (Å²) in [6.45, 7) is 0. The molecule has 4 heteroatoms. The van der Waals surface area contributed by atoms with Gasteiger partial charge in [0.15, 0.2) is 17.5 Å². The SMILES string of the molecule is c1ccc(-c2nc(-c3ccccc3)nc(-c3ccc(-c4ccc5c(c4)C4(c6ccccc6-5)c5ccccc5-c5nc6c(ccc7ccccc76)cc54)cc3)n2)cc1. The van der Waals surface area contributed by atoms with Gasteiger partial charge in [0.25, 0.3) is 0 Å². The molecule has 10 aromatic rings. The van der Waals surface area contributed by atoms with Crippen LogP contribution in [0.2, 0.25) is 0 Å². The summed E-state index contributed by atoms with van der Waals surface area (Å²) in [7, 11) is 0. The topological polar surface area (TPSA) is 51.6 Å². The number of fused-ring (bicyclic) bond motifs is 13. The van der Waals surface area contributed by atoms with Gasteiger partial charge in [-0.2, -0.15) is 0 Å². The summed E-state index contributed by atoms with van der Waals surface area (Å²) in [6.07, 6.45) is 0. The first-order valence-electron chi connectivity index (χ1n) is 19.4. The second kappa shape index (κ2) is 12.2. The van der Waals surface area contributed by atoms with E-state index in [2.05, 4.69) is 133 Å². The van der Waals surface area contributed by atoms with Crippen molar-refractivity contribution in [3.8, 4) is 67.7 Å². The van der Waals surface area contributed by atoms with E-state index in [1.54, 1.807) is 0 Å². The molecule has 1 spiro atoms. The van der Waals surface area contributed by atoms with Crippen LogP contribution in [0.15, 0.2) is 194 Å². The minimum atomic E-state index is -0.507. The first-order valence-corrected chi connectivity index (χ1v) is 19.4. The number of pyridine rings is 1. The number of hydrogen-bond donors (Lipinski definition) is 0. The molecule has 2 aliphatic carbocycles. The quantitative estimate of drug-likeness (QED) is 0.170. The molecule has 264 valence electrons. The Morgan fingerprint density at radius 1 is 0.298 bits per heavy atom. The number of aromatic nitrogens is 4. The van der Waals surface area contributed by atoms with Crippen molar-refractivity contribution in [3.05, 3.63) is 216 Å². The standard InChI is InChI=1S/C53H32N4/c1-3-14-35(15-4-1)50-55-51(36-16-5-2-6-17-36)57-52(56-50)37-26-23-33(24-27-37)38-29-30-42-41-19-9-11-21-44(41)53(46(42)31-38)45-22-12-10-20-43(45)49-47(53)32-39-28-25-34-13-7-8-18-40(34)48(39)54-49/h1-32H. The molecule has 0 N–H and O–H groups in total. The highest BCUT2D eigenvalue weighted by molar-refractivity contribution is 6.07. The lowest BCUT2D eigenvalue weighted by Gasteiger charge is -2.30. The minimum absolute atomic E-state index is 0.507. The number of hydrogen-bond acceptors (Lipinski definition) is 4. The molecule has 1 atom stereocenters. The predicted octanol–water partition coefficient (Wildman–Crippen LogP) is 12.6. The summed E-state index contributed by atoms with van der Waals surface area (Å²) >= 11 is 0. The second-order valence-electron chi connectivity index (χ2n) is 15.0. The lowest BCUT2D eigenvalue weighted by Crippen LogP contribution is -2.26. The third-order valence-corrected chi connectivity index (χ3v) is 11.9. The largest absolute Gasteiger partial charge is 0.247 e. The molecule has 4 nitrogen and oxygen atoms in total. The molecular weight excluding hydrogens is 693 g/mol. The van der Waals surface area contributed by atoms with Crippen LogP contribution in [0, 0.1) is 0 Å². The van der Waals surface area contributed by atoms with Crippen molar-refractivity contribution in [2.24, 2.45) is 0 Å². The minimum Gasteiger partial charge on any atom is -0.247 e. The molecule has 1 unspecified atom stereocenters. The molecular formula is C53H32N4. The van der Waals surface area contributed by atoms with Crippen molar-refractivity contribution >= 4 is 21.7 Å². The lowest BCUT2D eigenvalue weighted by atomic mass is 9.70. The fraction of sp³-hybridized carbons (Fsp3) is 0.0189. The van der Waals surface area contributed by atoms with E-state index in [0.29, 0.717) is 17.5 Å². The van der Waals surface area contributed by atoms with Gasteiger partial charge in [0.2, 0.25) is 0 Å². The maximum absolute atomic E-state index is 5.54. The van der Waals surface area contributed by atoms with Crippen molar-refractivity contribution in [2.75, 3.05) is 0 Å². The van der Waals surface area contributed by atoms with Gasteiger partial charge >= 0.3 is 0 Å². The average Bonchev–Trinajstić information content (AvgIpc) is 3.75. The Hall–Kier alpha value is -7.56. The van der Waals surface area contributed by atoms with Gasteiger partial charge in [0, 0.05) is 33.0 Å². The second-order valence-corrected chi connectivity index (χ2v) is 15.0. The maximum Gasteiger partial charge on any atom is 0.164 e. The van der Waals surface area contributed by atoms with E-state index in [4.69, 9.17) is 19.9 Å². The van der Waals surface area contributed by atoms with Crippen LogP contribution in [0.3, 0.4) is 0 Å². The molecule has 2 aliphatic rings. The molecule has 0 radical (unpaired) electrons. The Morgan fingerprint density at radius 2 is 0.807 bits per heavy atom. The monoisotopic (exact) mass is 724 g/mol. The molecule has 57 heavy (non-hydrogen) atoms. The van der Waals surface area contributed by atoms with Crippen LogP contribution in [0.1, 0.15) is 22.3 Å². The highest BCUT2D eigenvalue weighted by Gasteiger charge is 2.52. The van der Waals surface area contributed by atoms with Gasteiger partial charge in [0.05, 0.1) is 16.6 Å². The molecule has 0 saturated carbocycles. The predicted molar refractivity (Wildman–Crippen MR) is 231 cm³/mol. The third-order valence-electron chi connectivity index (χ3n) is 11.9. The number of rotatable bonds is 4. The summed E-state index contributed by atoms with van der Waals surface area (Å²) in [6, 6.07) is 69.2. The highest BCUT2D eigenvalue weighted by Crippen LogP contribution is 2.63. The third kappa shape index (κ3) is 4.68. The first kappa shape index (κ1) is 31.8. The Morgan fingerprint density at radius 3 is 1.51 bits per heavy atom. The molecule has 0 fully saturated rings. The van der Waals surface area contributed by atoms with Crippen molar-refractivity contribution in [3.63, 3.8) is 0 Å². The fourth-order valence-corrected chi connectivity index (χ4v) is 9.35. The summed E-state index contributed by atoms with van der Waals surface area (Å²) in [5, 5.41) is 3.54. The molecule has 2 heterocycles. The Kier molecular flexibility index (Phi) is 6.81. The molecule has 0 saturated heterocycles. The van der Waals surface area contributed by atoms with Gasteiger partial charge in [0.1, 0.15) is 0 Å². The molecule has 0 amide bonds. The van der Waals surface area contributed by atoms with Gasteiger partial charge in [-0.05, 0) is 62.0 Å². The van der Waals surface area contributed by atoms with Crippen LogP contribution in [0.4, 0.5) is 0 Å². The first-order chi connectivity index (χ1) is 28.2. The molecule has 2 aromatic heterocycles. The Labute approximate surface area is 329 Å². The maximum atomic E-state index is 5.54. The fourth-order valence-electron chi connectivity index (χ4n) is 9.35. The summed E-state index contributed by atoms with van der Waals surface area (Å²) in [4.78, 5) is 20.4. The van der Waals surface area contributed by atoms with Crippen molar-refractivity contribution in [1.82, 2.24) is 19.9 Å². The van der Waals surface area contributed by atoms with Gasteiger partial charge in [-0.3, -0.25) is 0 Å². The summed E-state index contributed by atoms with van der Waals surface area (Å²) in [5.41, 5.74) is 15.6. The van der Waals surface area contributed by atoms with E-state index in [-0.39, 0.29) is 0 Å². The van der Waals surface area contributed by atoms with Crippen molar-refractivity contribution in [2.45, 2.75) is 5.41 Å². The van der Waals surface area contributed by atoms with Crippen molar-refractivity contribution in [1.29, 1.82) is 0 Å². The van der Waals surface area contributed by atoms with Crippen LogP contribution < -0.4 is 0 Å². The molecule has 0 aliphatic heterocycles. The van der Waals surface area contributed by atoms with E-state index in [0.717, 1.165) is 44.4 Å².